The first-order valence-corrected chi connectivity index (χ1v) is 29.9. The topological polar surface area (TPSA) is 78.9 Å². The highest BCUT2D eigenvalue weighted by atomic mass is 16.6. The van der Waals surface area contributed by atoms with Crippen LogP contribution in [0.2, 0.25) is 0 Å². The molecule has 0 rings (SSSR count). The third-order valence-corrected chi connectivity index (χ3v) is 14.2. The third-order valence-electron chi connectivity index (χ3n) is 14.2. The number of ether oxygens (including phenoxy) is 3. The average molecular weight is 934 g/mol. The molecule has 0 aromatic rings. The van der Waals surface area contributed by atoms with Crippen molar-refractivity contribution in [2.24, 2.45) is 5.92 Å². The van der Waals surface area contributed by atoms with Crippen LogP contribution in [0.1, 0.15) is 342 Å². The van der Waals surface area contributed by atoms with E-state index in [0.717, 1.165) is 63.7 Å². The van der Waals surface area contributed by atoms with E-state index in [1.807, 2.05) is 0 Å². The quantitative estimate of drug-likeness (QED) is 0.0343. The summed E-state index contributed by atoms with van der Waals surface area (Å²) in [5, 5.41) is 0. The van der Waals surface area contributed by atoms with Gasteiger partial charge in [0.25, 0.3) is 0 Å². The van der Waals surface area contributed by atoms with Gasteiger partial charge in [-0.25, -0.2) is 0 Å². The molecular weight excluding hydrogens is 817 g/mol. The van der Waals surface area contributed by atoms with Gasteiger partial charge in [0.05, 0.1) is 0 Å². The van der Waals surface area contributed by atoms with Crippen LogP contribution in [-0.2, 0) is 28.6 Å². The zero-order valence-electron chi connectivity index (χ0n) is 45.2. The maximum atomic E-state index is 12.9. The SMILES string of the molecule is CCCCCCCCCCCCCCCCCCCC(=O)OC[C@@H](COC(=O)CCCCCCCCCCCCCCC)OC(=O)CCCCCCCCCCCCCCCCC(C)CC. The van der Waals surface area contributed by atoms with Gasteiger partial charge >= 0.3 is 17.9 Å². The van der Waals surface area contributed by atoms with Gasteiger partial charge in [0.1, 0.15) is 13.2 Å². The molecule has 0 spiro atoms. The summed E-state index contributed by atoms with van der Waals surface area (Å²) in [6.07, 6.45) is 59.4. The highest BCUT2D eigenvalue weighted by molar-refractivity contribution is 5.71. The monoisotopic (exact) mass is 933 g/mol. The van der Waals surface area contributed by atoms with Crippen LogP contribution in [0.25, 0.3) is 0 Å². The molecule has 0 N–H and O–H groups in total. The maximum Gasteiger partial charge on any atom is 0.306 e. The van der Waals surface area contributed by atoms with Crippen LogP contribution < -0.4 is 0 Å². The number of hydrogen-bond acceptors (Lipinski definition) is 6. The van der Waals surface area contributed by atoms with E-state index in [4.69, 9.17) is 14.2 Å². The number of unbranched alkanes of at least 4 members (excludes halogenated alkanes) is 41. The van der Waals surface area contributed by atoms with Crippen LogP contribution in [0.15, 0.2) is 0 Å². The molecule has 2 atom stereocenters. The summed E-state index contributed by atoms with van der Waals surface area (Å²) in [4.78, 5) is 38.2. The zero-order chi connectivity index (χ0) is 48.1. The van der Waals surface area contributed by atoms with E-state index < -0.39 is 6.10 Å². The molecule has 0 aromatic heterocycles. The molecule has 0 heterocycles. The van der Waals surface area contributed by atoms with Crippen molar-refractivity contribution >= 4 is 17.9 Å². The van der Waals surface area contributed by atoms with Gasteiger partial charge < -0.3 is 14.2 Å². The summed E-state index contributed by atoms with van der Waals surface area (Å²) in [6.45, 7) is 9.11. The molecule has 0 saturated carbocycles. The molecule has 0 aromatic carbocycles. The molecule has 0 aliphatic rings. The number of hydrogen-bond donors (Lipinski definition) is 0. The lowest BCUT2D eigenvalue weighted by Crippen LogP contribution is -2.30. The van der Waals surface area contributed by atoms with Crippen LogP contribution in [0.5, 0.6) is 0 Å². The van der Waals surface area contributed by atoms with Gasteiger partial charge in [-0.15, -0.1) is 0 Å². The summed E-state index contributed by atoms with van der Waals surface area (Å²) in [5.41, 5.74) is 0. The molecular formula is C60H116O6. The Morgan fingerprint density at radius 1 is 0.303 bits per heavy atom. The molecule has 0 aliphatic heterocycles. The second-order valence-corrected chi connectivity index (χ2v) is 20.9. The minimum absolute atomic E-state index is 0.0616. The minimum Gasteiger partial charge on any atom is -0.462 e. The number of esters is 3. The Morgan fingerprint density at radius 2 is 0.530 bits per heavy atom. The normalized spacial score (nSPS) is 12.4. The molecule has 0 radical (unpaired) electrons. The van der Waals surface area contributed by atoms with E-state index in [1.54, 1.807) is 0 Å². The Morgan fingerprint density at radius 3 is 0.788 bits per heavy atom. The van der Waals surface area contributed by atoms with E-state index in [-0.39, 0.29) is 31.1 Å². The smallest absolute Gasteiger partial charge is 0.306 e. The van der Waals surface area contributed by atoms with Crippen molar-refractivity contribution in [3.05, 3.63) is 0 Å². The van der Waals surface area contributed by atoms with Gasteiger partial charge in [0.15, 0.2) is 6.10 Å². The largest absolute Gasteiger partial charge is 0.462 e. The second-order valence-electron chi connectivity index (χ2n) is 20.9. The summed E-state index contributed by atoms with van der Waals surface area (Å²) in [6, 6.07) is 0. The first-order valence-electron chi connectivity index (χ1n) is 29.9. The zero-order valence-corrected chi connectivity index (χ0v) is 45.2. The Hall–Kier alpha value is -1.59. The summed E-state index contributed by atoms with van der Waals surface area (Å²) >= 11 is 0. The molecule has 0 fully saturated rings. The number of carbonyl (C=O) groups is 3. The van der Waals surface area contributed by atoms with Crippen molar-refractivity contribution in [1.82, 2.24) is 0 Å². The number of rotatable bonds is 55. The summed E-state index contributed by atoms with van der Waals surface area (Å²) in [7, 11) is 0. The van der Waals surface area contributed by atoms with Crippen LogP contribution in [0.4, 0.5) is 0 Å². The Kier molecular flexibility index (Phi) is 53.0. The van der Waals surface area contributed by atoms with Crippen molar-refractivity contribution in [1.29, 1.82) is 0 Å². The first kappa shape index (κ1) is 64.4. The van der Waals surface area contributed by atoms with Crippen LogP contribution in [0.3, 0.4) is 0 Å². The lowest BCUT2D eigenvalue weighted by Gasteiger charge is -2.18. The molecule has 0 saturated heterocycles. The van der Waals surface area contributed by atoms with Crippen LogP contribution in [-0.4, -0.2) is 37.2 Å². The lowest BCUT2D eigenvalue weighted by atomic mass is 9.99. The standard InChI is InChI=1S/C60H116O6/c1-5-8-10-12-14-16-18-20-21-22-23-28-32-36-40-44-48-52-59(62)65-55-57(54-64-58(61)51-47-43-39-35-31-26-19-17-15-13-11-9-6-2)66-60(63)53-49-45-41-37-33-29-25-24-27-30-34-38-42-46-50-56(4)7-3/h56-57H,5-55H2,1-4H3/t56?,57-/m1/s1. The molecule has 66 heavy (non-hydrogen) atoms. The molecule has 392 valence electrons. The van der Waals surface area contributed by atoms with Gasteiger partial charge in [-0.2, -0.15) is 0 Å². The van der Waals surface area contributed by atoms with E-state index in [0.29, 0.717) is 19.3 Å². The van der Waals surface area contributed by atoms with Crippen molar-refractivity contribution in [3.63, 3.8) is 0 Å². The summed E-state index contributed by atoms with van der Waals surface area (Å²) < 4.78 is 16.9. The Labute approximate surface area is 412 Å². The van der Waals surface area contributed by atoms with Crippen LogP contribution in [0, 0.1) is 5.92 Å². The predicted molar refractivity (Wildman–Crippen MR) is 284 cm³/mol. The minimum atomic E-state index is -0.762. The van der Waals surface area contributed by atoms with E-state index >= 15 is 0 Å². The Bertz CT molecular complexity index is 998. The molecule has 1 unspecified atom stereocenters. The van der Waals surface area contributed by atoms with Crippen molar-refractivity contribution < 1.29 is 28.6 Å². The van der Waals surface area contributed by atoms with E-state index in [9.17, 15) is 14.4 Å². The van der Waals surface area contributed by atoms with Gasteiger partial charge in [-0.3, -0.25) is 14.4 Å². The van der Waals surface area contributed by atoms with Gasteiger partial charge in [-0.05, 0) is 25.2 Å². The lowest BCUT2D eigenvalue weighted by molar-refractivity contribution is -0.167. The molecule has 6 heteroatoms. The highest BCUT2D eigenvalue weighted by Crippen LogP contribution is 2.19. The predicted octanol–water partition coefficient (Wildman–Crippen LogP) is 19.8. The van der Waals surface area contributed by atoms with Crippen LogP contribution >= 0.6 is 0 Å². The molecule has 0 bridgehead atoms. The highest BCUT2D eigenvalue weighted by Gasteiger charge is 2.19. The molecule has 6 nitrogen and oxygen atoms in total. The fourth-order valence-corrected chi connectivity index (χ4v) is 9.25. The van der Waals surface area contributed by atoms with Crippen molar-refractivity contribution in [3.8, 4) is 0 Å². The third kappa shape index (κ3) is 51.8. The Balaban J connectivity index is 4.28. The first-order chi connectivity index (χ1) is 32.4. The maximum absolute atomic E-state index is 12.9. The van der Waals surface area contributed by atoms with Gasteiger partial charge in [-0.1, -0.05) is 304 Å². The van der Waals surface area contributed by atoms with Crippen molar-refractivity contribution in [2.75, 3.05) is 13.2 Å². The van der Waals surface area contributed by atoms with Crippen molar-refractivity contribution in [2.45, 2.75) is 348 Å². The average Bonchev–Trinajstić information content (AvgIpc) is 3.32. The summed E-state index contributed by atoms with van der Waals surface area (Å²) in [5.74, 6) is 0.0618. The second kappa shape index (κ2) is 54.4. The number of carbonyl (C=O) groups excluding carboxylic acids is 3. The molecule has 0 amide bonds. The van der Waals surface area contributed by atoms with E-state index in [2.05, 4.69) is 27.7 Å². The van der Waals surface area contributed by atoms with Gasteiger partial charge in [0, 0.05) is 19.3 Å². The fraction of sp³-hybridized carbons (Fsp3) is 0.950. The van der Waals surface area contributed by atoms with Gasteiger partial charge in [0.2, 0.25) is 0 Å². The van der Waals surface area contributed by atoms with E-state index in [1.165, 1.54) is 238 Å². The fourth-order valence-electron chi connectivity index (χ4n) is 9.25. The molecule has 0 aliphatic carbocycles.